The molecular weight excluding hydrogens is 198 g/mol. The van der Waals surface area contributed by atoms with Gasteiger partial charge in [0.1, 0.15) is 5.54 Å². The van der Waals surface area contributed by atoms with E-state index >= 15 is 0 Å². The van der Waals surface area contributed by atoms with Gasteiger partial charge in [0.25, 0.3) is 0 Å². The van der Waals surface area contributed by atoms with Gasteiger partial charge in [-0.05, 0) is 19.8 Å². The minimum Gasteiger partial charge on any atom is -0.301 e. The maximum absolute atomic E-state index is 9.09. The van der Waals surface area contributed by atoms with Crippen molar-refractivity contribution in [1.29, 1.82) is 5.26 Å². The first-order valence-electron chi connectivity index (χ1n) is 6.38. The Morgan fingerprint density at radius 3 is 2.25 bits per heavy atom. The number of hydrogen-bond donors (Lipinski definition) is 0. The van der Waals surface area contributed by atoms with Crippen molar-refractivity contribution < 1.29 is 0 Å². The molecule has 1 fully saturated rings. The summed E-state index contributed by atoms with van der Waals surface area (Å²) < 4.78 is 0. The third-order valence-electron chi connectivity index (χ3n) is 3.70. The molecule has 1 rings (SSSR count). The maximum atomic E-state index is 9.09. The first-order valence-corrected chi connectivity index (χ1v) is 6.38. The first kappa shape index (κ1) is 13.5. The van der Waals surface area contributed by atoms with E-state index in [1.807, 2.05) is 13.8 Å². The molecule has 0 bridgehead atoms. The van der Waals surface area contributed by atoms with E-state index < -0.39 is 0 Å². The molecule has 1 aliphatic heterocycles. The van der Waals surface area contributed by atoms with Gasteiger partial charge >= 0.3 is 0 Å². The lowest BCUT2D eigenvalue weighted by Crippen LogP contribution is -2.54. The number of piperazine rings is 1. The van der Waals surface area contributed by atoms with Gasteiger partial charge in [-0.25, -0.2) is 0 Å². The second-order valence-corrected chi connectivity index (χ2v) is 5.47. The average Bonchev–Trinajstić information content (AvgIpc) is 2.29. The zero-order valence-electron chi connectivity index (χ0n) is 11.2. The smallest absolute Gasteiger partial charge is 0.103 e. The Labute approximate surface area is 100 Å². The van der Waals surface area contributed by atoms with Crippen LogP contribution in [0.4, 0.5) is 0 Å². The molecule has 3 nitrogen and oxygen atoms in total. The predicted octanol–water partition coefficient (Wildman–Crippen LogP) is 1.95. The highest BCUT2D eigenvalue weighted by Crippen LogP contribution is 2.16. The molecule has 1 heterocycles. The van der Waals surface area contributed by atoms with Crippen molar-refractivity contribution in [3.8, 4) is 6.07 Å². The van der Waals surface area contributed by atoms with Crippen LogP contribution in [0.25, 0.3) is 0 Å². The van der Waals surface area contributed by atoms with Gasteiger partial charge in [0.05, 0.1) is 6.07 Å². The Bertz CT molecular complexity index is 246. The van der Waals surface area contributed by atoms with Crippen LogP contribution in [-0.2, 0) is 0 Å². The molecule has 0 spiro atoms. The summed E-state index contributed by atoms with van der Waals surface area (Å²) in [5.41, 5.74) is -0.303. The highest BCUT2D eigenvalue weighted by molar-refractivity contribution is 5.02. The van der Waals surface area contributed by atoms with E-state index in [9.17, 15) is 0 Å². The quantitative estimate of drug-likeness (QED) is 0.730. The summed E-state index contributed by atoms with van der Waals surface area (Å²) in [6.07, 6.45) is 1.25. The minimum atomic E-state index is -0.303. The fourth-order valence-corrected chi connectivity index (χ4v) is 2.13. The normalized spacial score (nSPS) is 21.7. The van der Waals surface area contributed by atoms with Crippen LogP contribution in [0, 0.1) is 17.2 Å². The second-order valence-electron chi connectivity index (χ2n) is 5.47. The highest BCUT2D eigenvalue weighted by atomic mass is 15.3. The molecule has 0 aromatic rings. The fraction of sp³-hybridized carbons (Fsp3) is 0.923. The van der Waals surface area contributed by atoms with Gasteiger partial charge in [-0.2, -0.15) is 5.26 Å². The van der Waals surface area contributed by atoms with E-state index in [4.69, 9.17) is 5.26 Å². The van der Waals surface area contributed by atoms with E-state index in [1.54, 1.807) is 0 Å². The highest BCUT2D eigenvalue weighted by Gasteiger charge is 2.29. The molecule has 3 heteroatoms. The van der Waals surface area contributed by atoms with Crippen LogP contribution in [0.1, 0.15) is 34.1 Å². The molecule has 0 aromatic heterocycles. The largest absolute Gasteiger partial charge is 0.301 e. The SMILES string of the molecule is CCC(C)CN1CCN(C(C)(C)C#N)CC1. The van der Waals surface area contributed by atoms with Crippen molar-refractivity contribution in [2.75, 3.05) is 32.7 Å². The van der Waals surface area contributed by atoms with Gasteiger partial charge in [-0.3, -0.25) is 4.90 Å². The molecule has 0 amide bonds. The third-order valence-corrected chi connectivity index (χ3v) is 3.70. The van der Waals surface area contributed by atoms with Crippen molar-refractivity contribution in [2.24, 2.45) is 5.92 Å². The Balaban J connectivity index is 2.37. The molecule has 1 unspecified atom stereocenters. The molecule has 0 aromatic carbocycles. The van der Waals surface area contributed by atoms with Gasteiger partial charge in [0.15, 0.2) is 0 Å². The van der Waals surface area contributed by atoms with Gasteiger partial charge < -0.3 is 4.90 Å². The molecule has 1 atom stereocenters. The van der Waals surface area contributed by atoms with Gasteiger partial charge in [-0.1, -0.05) is 20.3 Å². The van der Waals surface area contributed by atoms with E-state index in [0.29, 0.717) is 0 Å². The standard InChI is InChI=1S/C13H25N3/c1-5-12(2)10-15-6-8-16(9-7-15)13(3,4)11-14/h12H,5-10H2,1-4H3. The Morgan fingerprint density at radius 2 is 1.81 bits per heavy atom. The van der Waals surface area contributed by atoms with Gasteiger partial charge in [-0.15, -0.1) is 0 Å². The average molecular weight is 223 g/mol. The fourth-order valence-electron chi connectivity index (χ4n) is 2.13. The topological polar surface area (TPSA) is 30.3 Å². The molecule has 0 radical (unpaired) electrons. The molecule has 16 heavy (non-hydrogen) atoms. The number of nitrogens with zero attached hydrogens (tertiary/aromatic N) is 3. The van der Waals surface area contributed by atoms with E-state index in [2.05, 4.69) is 29.7 Å². The first-order chi connectivity index (χ1) is 7.49. The molecule has 1 aliphatic rings. The molecule has 92 valence electrons. The van der Waals surface area contributed by atoms with Crippen LogP contribution >= 0.6 is 0 Å². The predicted molar refractivity (Wildman–Crippen MR) is 67.2 cm³/mol. The molecule has 0 aliphatic carbocycles. The lowest BCUT2D eigenvalue weighted by Gasteiger charge is -2.41. The Hall–Kier alpha value is -0.590. The van der Waals surface area contributed by atoms with Crippen LogP contribution in [-0.4, -0.2) is 48.1 Å². The van der Waals surface area contributed by atoms with Crippen LogP contribution in [0.5, 0.6) is 0 Å². The van der Waals surface area contributed by atoms with Crippen molar-refractivity contribution in [3.63, 3.8) is 0 Å². The van der Waals surface area contributed by atoms with Crippen molar-refractivity contribution in [1.82, 2.24) is 9.80 Å². The Kier molecular flexibility index (Phi) is 4.76. The molecular formula is C13H25N3. The lowest BCUT2D eigenvalue weighted by molar-refractivity contribution is 0.0726. The molecule has 0 N–H and O–H groups in total. The van der Waals surface area contributed by atoms with E-state index in [-0.39, 0.29) is 5.54 Å². The third kappa shape index (κ3) is 3.47. The monoisotopic (exact) mass is 223 g/mol. The van der Waals surface area contributed by atoms with Crippen LogP contribution in [0.3, 0.4) is 0 Å². The van der Waals surface area contributed by atoms with Crippen LogP contribution in [0.15, 0.2) is 0 Å². The lowest BCUT2D eigenvalue weighted by atomic mass is 10.0. The summed E-state index contributed by atoms with van der Waals surface area (Å²) in [4.78, 5) is 4.82. The summed E-state index contributed by atoms with van der Waals surface area (Å²) in [5, 5.41) is 9.09. The number of rotatable bonds is 4. The summed E-state index contributed by atoms with van der Waals surface area (Å²) in [6, 6.07) is 2.39. The number of nitriles is 1. The van der Waals surface area contributed by atoms with E-state index in [0.717, 1.165) is 32.1 Å². The second kappa shape index (κ2) is 5.65. The zero-order valence-corrected chi connectivity index (χ0v) is 11.2. The minimum absolute atomic E-state index is 0.303. The number of hydrogen-bond acceptors (Lipinski definition) is 3. The summed E-state index contributed by atoms with van der Waals surface area (Å²) >= 11 is 0. The summed E-state index contributed by atoms with van der Waals surface area (Å²) in [6.45, 7) is 14.1. The zero-order chi connectivity index (χ0) is 12.2. The van der Waals surface area contributed by atoms with Crippen LogP contribution < -0.4 is 0 Å². The summed E-state index contributed by atoms with van der Waals surface area (Å²) in [5.74, 6) is 0.788. The molecule has 1 saturated heterocycles. The van der Waals surface area contributed by atoms with Gasteiger partial charge in [0.2, 0.25) is 0 Å². The Morgan fingerprint density at radius 1 is 1.25 bits per heavy atom. The van der Waals surface area contributed by atoms with Crippen molar-refractivity contribution in [2.45, 2.75) is 39.7 Å². The van der Waals surface area contributed by atoms with Crippen molar-refractivity contribution in [3.05, 3.63) is 0 Å². The van der Waals surface area contributed by atoms with Crippen molar-refractivity contribution >= 4 is 0 Å². The summed E-state index contributed by atoms with van der Waals surface area (Å²) in [7, 11) is 0. The van der Waals surface area contributed by atoms with Gasteiger partial charge in [0, 0.05) is 32.7 Å². The maximum Gasteiger partial charge on any atom is 0.103 e. The van der Waals surface area contributed by atoms with Crippen LogP contribution in [0.2, 0.25) is 0 Å². The molecule has 0 saturated carbocycles. The van der Waals surface area contributed by atoms with E-state index in [1.165, 1.54) is 13.0 Å².